The summed E-state index contributed by atoms with van der Waals surface area (Å²) in [6.07, 6.45) is 1.31. The first-order valence-corrected chi connectivity index (χ1v) is 5.62. The maximum absolute atomic E-state index is 5.68. The van der Waals surface area contributed by atoms with Crippen molar-refractivity contribution in [1.82, 2.24) is 4.98 Å². The van der Waals surface area contributed by atoms with Crippen LogP contribution in [0, 0.1) is 11.8 Å². The molecule has 0 radical (unpaired) electrons. The van der Waals surface area contributed by atoms with Gasteiger partial charge < -0.3 is 15.5 Å². The van der Waals surface area contributed by atoms with E-state index in [9.17, 15) is 0 Å². The number of hydrogen-bond donors (Lipinski definition) is 2. The van der Waals surface area contributed by atoms with Gasteiger partial charge in [-0.3, -0.25) is 0 Å². The standard InChI is InChI=1S/C12H15N3O/c1-7-4-8(7)6-14-12-15-10-3-2-9(13)5-11(10)16-12/h2-3,5,7-8H,4,6,13H2,1H3,(H,14,15). The minimum atomic E-state index is 0.597. The van der Waals surface area contributed by atoms with Crippen LogP contribution < -0.4 is 11.1 Å². The number of nitrogens with zero attached hydrogens (tertiary/aromatic N) is 1. The number of aromatic nitrogens is 1. The number of nitrogens with two attached hydrogens (primary N) is 1. The Labute approximate surface area is 93.8 Å². The molecule has 1 aliphatic rings. The summed E-state index contributed by atoms with van der Waals surface area (Å²) in [5, 5.41) is 3.23. The van der Waals surface area contributed by atoms with E-state index >= 15 is 0 Å². The topological polar surface area (TPSA) is 64.1 Å². The lowest BCUT2D eigenvalue weighted by molar-refractivity contribution is 0.608. The predicted octanol–water partition coefficient (Wildman–Crippen LogP) is 2.48. The van der Waals surface area contributed by atoms with Crippen LogP contribution >= 0.6 is 0 Å². The van der Waals surface area contributed by atoms with Crippen LogP contribution in [0.5, 0.6) is 0 Å². The van der Waals surface area contributed by atoms with Crippen molar-refractivity contribution in [2.24, 2.45) is 11.8 Å². The van der Waals surface area contributed by atoms with E-state index in [-0.39, 0.29) is 0 Å². The highest BCUT2D eigenvalue weighted by Gasteiger charge is 2.32. The zero-order chi connectivity index (χ0) is 11.1. The van der Waals surface area contributed by atoms with Gasteiger partial charge in [0.05, 0.1) is 0 Å². The van der Waals surface area contributed by atoms with Crippen molar-refractivity contribution in [2.75, 3.05) is 17.6 Å². The number of anilines is 2. The van der Waals surface area contributed by atoms with Gasteiger partial charge in [0.2, 0.25) is 0 Å². The Hall–Kier alpha value is -1.71. The number of nitrogens with one attached hydrogen (secondary N) is 1. The first kappa shape index (κ1) is 9.51. The van der Waals surface area contributed by atoms with E-state index in [2.05, 4.69) is 17.2 Å². The first-order valence-electron chi connectivity index (χ1n) is 5.62. The van der Waals surface area contributed by atoms with Crippen molar-refractivity contribution < 1.29 is 4.42 Å². The number of fused-ring (bicyclic) bond motifs is 1. The average molecular weight is 217 g/mol. The fourth-order valence-corrected chi connectivity index (χ4v) is 1.92. The van der Waals surface area contributed by atoms with Gasteiger partial charge in [0, 0.05) is 18.3 Å². The van der Waals surface area contributed by atoms with Crippen LogP contribution in [-0.4, -0.2) is 11.5 Å². The zero-order valence-electron chi connectivity index (χ0n) is 9.23. The molecule has 4 heteroatoms. The molecule has 1 heterocycles. The third-order valence-corrected chi connectivity index (χ3v) is 3.20. The smallest absolute Gasteiger partial charge is 0.295 e. The summed E-state index contributed by atoms with van der Waals surface area (Å²) in [7, 11) is 0. The van der Waals surface area contributed by atoms with Crippen LogP contribution in [-0.2, 0) is 0 Å². The monoisotopic (exact) mass is 217 g/mol. The highest BCUT2D eigenvalue weighted by Crippen LogP contribution is 2.37. The van der Waals surface area contributed by atoms with Crippen molar-refractivity contribution in [3.8, 4) is 0 Å². The number of benzene rings is 1. The number of nitrogen functional groups attached to an aromatic ring is 1. The number of oxazole rings is 1. The predicted molar refractivity (Wildman–Crippen MR) is 64.2 cm³/mol. The molecular weight excluding hydrogens is 202 g/mol. The first-order chi connectivity index (χ1) is 7.72. The van der Waals surface area contributed by atoms with Gasteiger partial charge in [-0.25, -0.2) is 0 Å². The molecule has 0 aliphatic heterocycles. The van der Waals surface area contributed by atoms with Gasteiger partial charge in [-0.2, -0.15) is 4.98 Å². The third kappa shape index (κ3) is 1.71. The fourth-order valence-electron chi connectivity index (χ4n) is 1.92. The minimum Gasteiger partial charge on any atom is -0.423 e. The van der Waals surface area contributed by atoms with E-state index in [4.69, 9.17) is 10.2 Å². The molecule has 1 aromatic carbocycles. The molecule has 1 saturated carbocycles. The highest BCUT2D eigenvalue weighted by atomic mass is 16.4. The minimum absolute atomic E-state index is 0.597. The highest BCUT2D eigenvalue weighted by molar-refractivity contribution is 5.78. The molecule has 4 nitrogen and oxygen atoms in total. The van der Waals surface area contributed by atoms with Crippen molar-refractivity contribution >= 4 is 22.8 Å². The summed E-state index contributed by atoms with van der Waals surface area (Å²) in [5.41, 5.74) is 7.97. The van der Waals surface area contributed by atoms with Crippen LogP contribution in [0.1, 0.15) is 13.3 Å². The van der Waals surface area contributed by atoms with Gasteiger partial charge in [-0.05, 0) is 30.4 Å². The Bertz CT molecular complexity index is 520. The quantitative estimate of drug-likeness (QED) is 0.775. The van der Waals surface area contributed by atoms with Crippen LogP contribution in [0.3, 0.4) is 0 Å². The Morgan fingerprint density at radius 1 is 1.56 bits per heavy atom. The summed E-state index contributed by atoms with van der Waals surface area (Å²) >= 11 is 0. The lowest BCUT2D eigenvalue weighted by Crippen LogP contribution is -2.04. The summed E-state index contributed by atoms with van der Waals surface area (Å²) < 4.78 is 5.56. The van der Waals surface area contributed by atoms with Crippen LogP contribution in [0.2, 0.25) is 0 Å². The second-order valence-corrected chi connectivity index (χ2v) is 4.60. The molecule has 1 aliphatic carbocycles. The molecular formula is C12H15N3O. The van der Waals surface area contributed by atoms with E-state index < -0.39 is 0 Å². The van der Waals surface area contributed by atoms with Crippen molar-refractivity contribution in [2.45, 2.75) is 13.3 Å². The molecule has 16 heavy (non-hydrogen) atoms. The summed E-state index contributed by atoms with van der Waals surface area (Å²) in [6.45, 7) is 3.21. The molecule has 1 fully saturated rings. The third-order valence-electron chi connectivity index (χ3n) is 3.20. The molecule has 1 aromatic heterocycles. The molecule has 3 rings (SSSR count). The van der Waals surface area contributed by atoms with E-state index in [1.54, 1.807) is 6.07 Å². The van der Waals surface area contributed by atoms with Crippen molar-refractivity contribution in [3.63, 3.8) is 0 Å². The van der Waals surface area contributed by atoms with Crippen molar-refractivity contribution in [1.29, 1.82) is 0 Å². The summed E-state index contributed by atoms with van der Waals surface area (Å²) in [4.78, 5) is 4.35. The fraction of sp³-hybridized carbons (Fsp3) is 0.417. The number of rotatable bonds is 3. The SMILES string of the molecule is CC1CC1CNc1nc2ccc(N)cc2o1. The molecule has 84 valence electrons. The van der Waals surface area contributed by atoms with Gasteiger partial charge in [-0.15, -0.1) is 0 Å². The van der Waals surface area contributed by atoms with Crippen LogP contribution in [0.25, 0.3) is 11.1 Å². The Morgan fingerprint density at radius 2 is 2.38 bits per heavy atom. The van der Waals surface area contributed by atoms with E-state index in [1.807, 2.05) is 12.1 Å². The lowest BCUT2D eigenvalue weighted by Gasteiger charge is -1.97. The van der Waals surface area contributed by atoms with Crippen LogP contribution in [0.15, 0.2) is 22.6 Å². The van der Waals surface area contributed by atoms with E-state index in [1.165, 1.54) is 6.42 Å². The number of hydrogen-bond acceptors (Lipinski definition) is 4. The molecule has 0 bridgehead atoms. The molecule has 3 N–H and O–H groups in total. The van der Waals surface area contributed by atoms with Gasteiger partial charge in [0.25, 0.3) is 6.01 Å². The largest absolute Gasteiger partial charge is 0.423 e. The van der Waals surface area contributed by atoms with Gasteiger partial charge >= 0.3 is 0 Å². The maximum atomic E-state index is 5.68. The molecule has 2 unspecified atom stereocenters. The summed E-state index contributed by atoms with van der Waals surface area (Å²) in [6, 6.07) is 6.10. The Kier molecular flexibility index (Phi) is 2.02. The average Bonchev–Trinajstić information content (AvgIpc) is 2.81. The van der Waals surface area contributed by atoms with Gasteiger partial charge in [0.15, 0.2) is 5.58 Å². The van der Waals surface area contributed by atoms with E-state index in [0.717, 1.165) is 29.5 Å². The summed E-state index contributed by atoms with van der Waals surface area (Å²) in [5.74, 6) is 1.62. The molecule has 0 spiro atoms. The molecule has 0 saturated heterocycles. The van der Waals surface area contributed by atoms with E-state index in [0.29, 0.717) is 11.7 Å². The Balaban J connectivity index is 1.77. The lowest BCUT2D eigenvalue weighted by atomic mass is 10.3. The maximum Gasteiger partial charge on any atom is 0.295 e. The van der Waals surface area contributed by atoms with Crippen molar-refractivity contribution in [3.05, 3.63) is 18.2 Å². The molecule has 0 amide bonds. The second-order valence-electron chi connectivity index (χ2n) is 4.60. The second kappa shape index (κ2) is 3.40. The normalized spacial score (nSPS) is 23.6. The zero-order valence-corrected chi connectivity index (χ0v) is 9.23. The van der Waals surface area contributed by atoms with Crippen LogP contribution in [0.4, 0.5) is 11.7 Å². The van der Waals surface area contributed by atoms with Gasteiger partial charge in [-0.1, -0.05) is 6.92 Å². The van der Waals surface area contributed by atoms with Gasteiger partial charge in [0.1, 0.15) is 5.52 Å². The molecule has 2 aromatic rings. The Morgan fingerprint density at radius 3 is 3.12 bits per heavy atom. The molecule has 2 atom stereocenters.